The summed E-state index contributed by atoms with van der Waals surface area (Å²) >= 11 is 0. The Hall–Kier alpha value is -1.39. The lowest BCUT2D eigenvalue weighted by atomic mass is 9.91. The van der Waals surface area contributed by atoms with Gasteiger partial charge in [0.05, 0.1) is 6.10 Å². The fourth-order valence-electron chi connectivity index (χ4n) is 3.53. The highest BCUT2D eigenvalue weighted by molar-refractivity contribution is 5.94. The molecule has 4 nitrogen and oxygen atoms in total. The van der Waals surface area contributed by atoms with Crippen LogP contribution in [0.1, 0.15) is 60.4 Å². The van der Waals surface area contributed by atoms with Crippen molar-refractivity contribution >= 4 is 5.91 Å². The number of hydrogen-bond donors (Lipinski definition) is 3. The summed E-state index contributed by atoms with van der Waals surface area (Å²) in [4.78, 5) is 12.3. The maximum Gasteiger partial charge on any atom is 0.251 e. The lowest BCUT2D eigenvalue weighted by Crippen LogP contribution is -2.38. The molecule has 120 valence electrons. The lowest BCUT2D eigenvalue weighted by molar-refractivity contribution is 0.0867. The van der Waals surface area contributed by atoms with Gasteiger partial charge < -0.3 is 15.7 Å². The van der Waals surface area contributed by atoms with Gasteiger partial charge in [0.25, 0.3) is 5.91 Å². The van der Waals surface area contributed by atoms with E-state index in [0.29, 0.717) is 5.92 Å². The van der Waals surface area contributed by atoms with Gasteiger partial charge in [-0.2, -0.15) is 0 Å². The number of carbonyl (C=O) groups excluding carboxylic acids is 1. The third-order valence-electron chi connectivity index (χ3n) is 4.97. The van der Waals surface area contributed by atoms with Crippen molar-refractivity contribution in [3.63, 3.8) is 0 Å². The van der Waals surface area contributed by atoms with E-state index in [1.165, 1.54) is 18.4 Å². The Morgan fingerprint density at radius 1 is 1.09 bits per heavy atom. The third kappa shape index (κ3) is 3.87. The molecule has 1 heterocycles. The standard InChI is InChI=1S/C18H26N2O2/c21-17-9-7-16(8-10-17)20-18(22)14-5-3-13(4-6-14)15-2-1-11-19-12-15/h3-6,15-17,19,21H,1-2,7-12H2,(H,20,22)/t15-,16?,17?/m1/s1. The fraction of sp³-hybridized carbons (Fsp3) is 0.611. The highest BCUT2D eigenvalue weighted by Crippen LogP contribution is 2.23. The average molecular weight is 302 g/mol. The van der Waals surface area contributed by atoms with Gasteiger partial charge in [0.15, 0.2) is 0 Å². The van der Waals surface area contributed by atoms with Crippen molar-refractivity contribution in [2.75, 3.05) is 13.1 Å². The van der Waals surface area contributed by atoms with Crippen LogP contribution in [0.3, 0.4) is 0 Å². The predicted octanol–water partition coefficient (Wildman–Crippen LogP) is 2.19. The van der Waals surface area contributed by atoms with E-state index in [-0.39, 0.29) is 18.1 Å². The number of aliphatic hydroxyl groups excluding tert-OH is 1. The Bertz CT molecular complexity index is 486. The molecule has 1 aromatic carbocycles. The van der Waals surface area contributed by atoms with Gasteiger partial charge in [-0.3, -0.25) is 4.79 Å². The third-order valence-corrected chi connectivity index (χ3v) is 4.97. The molecular weight excluding hydrogens is 276 g/mol. The molecule has 1 aromatic rings. The summed E-state index contributed by atoms with van der Waals surface area (Å²) in [6, 6.07) is 8.28. The molecule has 0 aromatic heterocycles. The Morgan fingerprint density at radius 3 is 2.45 bits per heavy atom. The summed E-state index contributed by atoms with van der Waals surface area (Å²) in [6.45, 7) is 2.16. The first kappa shape index (κ1) is 15.5. The number of nitrogens with one attached hydrogen (secondary N) is 2. The van der Waals surface area contributed by atoms with Crippen LogP contribution in [-0.4, -0.2) is 36.2 Å². The van der Waals surface area contributed by atoms with Gasteiger partial charge in [0, 0.05) is 18.2 Å². The Morgan fingerprint density at radius 2 is 1.82 bits per heavy atom. The molecule has 0 spiro atoms. The molecule has 1 aliphatic heterocycles. The second-order valence-corrected chi connectivity index (χ2v) is 6.64. The molecule has 0 unspecified atom stereocenters. The zero-order valence-electron chi connectivity index (χ0n) is 13.1. The van der Waals surface area contributed by atoms with Crippen LogP contribution in [0.2, 0.25) is 0 Å². The Kier molecular flexibility index (Phi) is 5.11. The minimum absolute atomic E-state index is 0.00899. The second kappa shape index (κ2) is 7.25. The molecule has 2 fully saturated rings. The zero-order valence-corrected chi connectivity index (χ0v) is 13.1. The summed E-state index contributed by atoms with van der Waals surface area (Å²) in [5, 5.41) is 16.0. The molecule has 3 rings (SSSR count). The summed E-state index contributed by atoms with van der Waals surface area (Å²) in [5.41, 5.74) is 2.06. The number of amides is 1. The molecule has 22 heavy (non-hydrogen) atoms. The van der Waals surface area contributed by atoms with E-state index in [9.17, 15) is 9.90 Å². The summed E-state index contributed by atoms with van der Waals surface area (Å²) < 4.78 is 0. The van der Waals surface area contributed by atoms with Crippen molar-refractivity contribution in [2.45, 2.75) is 56.6 Å². The molecule has 1 aliphatic carbocycles. The predicted molar refractivity (Wildman–Crippen MR) is 87.0 cm³/mol. The SMILES string of the molecule is O=C(NC1CCC(O)CC1)c1ccc([C@@H]2CCCNC2)cc1. The van der Waals surface area contributed by atoms with Crippen LogP contribution >= 0.6 is 0 Å². The minimum atomic E-state index is -0.184. The van der Waals surface area contributed by atoms with Gasteiger partial charge in [-0.25, -0.2) is 0 Å². The summed E-state index contributed by atoms with van der Waals surface area (Å²) in [5.74, 6) is 0.584. The maximum absolute atomic E-state index is 12.3. The molecule has 1 atom stereocenters. The zero-order chi connectivity index (χ0) is 15.4. The summed E-state index contributed by atoms with van der Waals surface area (Å²) in [6.07, 6.45) is 5.59. The van der Waals surface area contributed by atoms with Crippen molar-refractivity contribution in [1.82, 2.24) is 10.6 Å². The van der Waals surface area contributed by atoms with E-state index in [1.54, 1.807) is 0 Å². The number of aliphatic hydroxyl groups is 1. The van der Waals surface area contributed by atoms with Crippen LogP contribution in [-0.2, 0) is 0 Å². The van der Waals surface area contributed by atoms with Gasteiger partial charge in [-0.05, 0) is 68.7 Å². The van der Waals surface area contributed by atoms with Crippen LogP contribution in [0.15, 0.2) is 24.3 Å². The number of hydrogen-bond acceptors (Lipinski definition) is 3. The number of rotatable bonds is 3. The smallest absolute Gasteiger partial charge is 0.251 e. The first-order chi connectivity index (χ1) is 10.7. The van der Waals surface area contributed by atoms with Crippen molar-refractivity contribution < 1.29 is 9.90 Å². The molecule has 1 saturated carbocycles. The number of benzene rings is 1. The molecule has 0 radical (unpaired) electrons. The highest BCUT2D eigenvalue weighted by Gasteiger charge is 2.21. The van der Waals surface area contributed by atoms with E-state index in [4.69, 9.17) is 0 Å². The molecule has 4 heteroatoms. The average Bonchev–Trinajstić information content (AvgIpc) is 2.58. The quantitative estimate of drug-likeness (QED) is 0.802. The molecule has 1 amide bonds. The van der Waals surface area contributed by atoms with Crippen LogP contribution in [0.5, 0.6) is 0 Å². The van der Waals surface area contributed by atoms with E-state index < -0.39 is 0 Å². The summed E-state index contributed by atoms with van der Waals surface area (Å²) in [7, 11) is 0. The van der Waals surface area contributed by atoms with Gasteiger partial charge in [0.1, 0.15) is 0 Å². The molecule has 2 aliphatic rings. The van der Waals surface area contributed by atoms with Crippen molar-refractivity contribution in [3.05, 3.63) is 35.4 Å². The fourth-order valence-corrected chi connectivity index (χ4v) is 3.53. The molecule has 3 N–H and O–H groups in total. The van der Waals surface area contributed by atoms with Crippen molar-refractivity contribution in [3.8, 4) is 0 Å². The van der Waals surface area contributed by atoms with E-state index in [2.05, 4.69) is 22.8 Å². The normalized spacial score (nSPS) is 29.0. The van der Waals surface area contributed by atoms with Gasteiger partial charge >= 0.3 is 0 Å². The van der Waals surface area contributed by atoms with Gasteiger partial charge in [0.2, 0.25) is 0 Å². The Labute approximate surface area is 132 Å². The Balaban J connectivity index is 1.56. The minimum Gasteiger partial charge on any atom is -0.393 e. The monoisotopic (exact) mass is 302 g/mol. The van der Waals surface area contributed by atoms with Gasteiger partial charge in [-0.15, -0.1) is 0 Å². The first-order valence-corrected chi connectivity index (χ1v) is 8.52. The highest BCUT2D eigenvalue weighted by atomic mass is 16.3. The van der Waals surface area contributed by atoms with E-state index in [1.807, 2.05) is 12.1 Å². The van der Waals surface area contributed by atoms with E-state index in [0.717, 1.165) is 44.3 Å². The molecule has 0 bridgehead atoms. The lowest BCUT2D eigenvalue weighted by Gasteiger charge is -2.26. The van der Waals surface area contributed by atoms with Crippen LogP contribution < -0.4 is 10.6 Å². The largest absolute Gasteiger partial charge is 0.393 e. The topological polar surface area (TPSA) is 61.4 Å². The van der Waals surface area contributed by atoms with Crippen LogP contribution in [0, 0.1) is 0 Å². The van der Waals surface area contributed by atoms with E-state index >= 15 is 0 Å². The second-order valence-electron chi connectivity index (χ2n) is 6.64. The number of piperidine rings is 1. The number of carbonyl (C=O) groups is 1. The molecule has 1 saturated heterocycles. The van der Waals surface area contributed by atoms with Crippen LogP contribution in [0.4, 0.5) is 0 Å². The van der Waals surface area contributed by atoms with Crippen molar-refractivity contribution in [1.29, 1.82) is 0 Å². The molecular formula is C18H26N2O2. The maximum atomic E-state index is 12.3. The van der Waals surface area contributed by atoms with Crippen molar-refractivity contribution in [2.24, 2.45) is 0 Å². The van der Waals surface area contributed by atoms with Crippen LogP contribution in [0.25, 0.3) is 0 Å². The van der Waals surface area contributed by atoms with Gasteiger partial charge in [-0.1, -0.05) is 12.1 Å². The first-order valence-electron chi connectivity index (χ1n) is 8.52.